The van der Waals surface area contributed by atoms with Crippen LogP contribution < -0.4 is 5.32 Å². The van der Waals surface area contributed by atoms with Crippen molar-refractivity contribution in [2.75, 3.05) is 19.7 Å². The summed E-state index contributed by atoms with van der Waals surface area (Å²) in [6, 6.07) is -0.257. The van der Waals surface area contributed by atoms with Gasteiger partial charge >= 0.3 is 18.2 Å². The monoisotopic (exact) mass is 296 g/mol. The summed E-state index contributed by atoms with van der Waals surface area (Å²) in [4.78, 5) is 23.2. The Labute approximate surface area is 115 Å². The summed E-state index contributed by atoms with van der Waals surface area (Å²) in [7, 11) is 0. The van der Waals surface area contributed by atoms with Crippen LogP contribution in [0.3, 0.4) is 0 Å². The van der Waals surface area contributed by atoms with Crippen molar-refractivity contribution >= 4 is 12.0 Å². The topological polar surface area (TPSA) is 58.6 Å². The van der Waals surface area contributed by atoms with Gasteiger partial charge in [-0.3, -0.25) is 4.79 Å². The number of nitrogens with zero attached hydrogens (tertiary/aromatic N) is 1. The number of halogens is 3. The molecule has 2 amide bonds. The molecule has 0 spiro atoms. The number of likely N-dealkylation sites (tertiary alicyclic amines) is 1. The van der Waals surface area contributed by atoms with Crippen LogP contribution in [0, 0.1) is 5.92 Å². The van der Waals surface area contributed by atoms with Gasteiger partial charge in [-0.1, -0.05) is 13.8 Å². The molecule has 1 aliphatic rings. The molecule has 20 heavy (non-hydrogen) atoms. The number of hydrogen-bond acceptors (Lipinski definition) is 3. The molecule has 0 aromatic carbocycles. The number of amides is 2. The standard InChI is InChI=1S/C12H19F3N2O3/c1-8(2)7-20-11(19)16-9-3-5-17(6-4-9)10(18)12(13,14)15/h8-9H,3-7H2,1-2H3,(H,16,19). The smallest absolute Gasteiger partial charge is 0.449 e. The van der Waals surface area contributed by atoms with Crippen LogP contribution in [-0.4, -0.2) is 48.8 Å². The van der Waals surface area contributed by atoms with Crippen molar-refractivity contribution < 1.29 is 27.5 Å². The average Bonchev–Trinajstić information content (AvgIpc) is 2.35. The Morgan fingerprint density at radius 1 is 1.30 bits per heavy atom. The highest BCUT2D eigenvalue weighted by Crippen LogP contribution is 2.21. The molecule has 0 radical (unpaired) electrons. The van der Waals surface area contributed by atoms with Crippen molar-refractivity contribution in [3.05, 3.63) is 0 Å². The van der Waals surface area contributed by atoms with Gasteiger partial charge in [-0.2, -0.15) is 13.2 Å². The Morgan fingerprint density at radius 3 is 2.30 bits per heavy atom. The van der Waals surface area contributed by atoms with E-state index in [9.17, 15) is 22.8 Å². The van der Waals surface area contributed by atoms with Gasteiger partial charge in [-0.15, -0.1) is 0 Å². The van der Waals surface area contributed by atoms with Crippen molar-refractivity contribution in [1.82, 2.24) is 10.2 Å². The van der Waals surface area contributed by atoms with E-state index in [0.717, 1.165) is 4.90 Å². The Balaban J connectivity index is 2.32. The minimum absolute atomic E-state index is 0.0204. The summed E-state index contributed by atoms with van der Waals surface area (Å²) in [5.74, 6) is -1.61. The Kier molecular flexibility index (Phi) is 5.64. The quantitative estimate of drug-likeness (QED) is 0.865. The lowest BCUT2D eigenvalue weighted by atomic mass is 10.1. The van der Waals surface area contributed by atoms with Gasteiger partial charge in [-0.25, -0.2) is 4.79 Å². The SMILES string of the molecule is CC(C)COC(=O)NC1CCN(C(=O)C(F)(F)F)CC1. The van der Waals surface area contributed by atoms with Crippen LogP contribution in [0.15, 0.2) is 0 Å². The molecule has 116 valence electrons. The molecule has 0 aliphatic carbocycles. The maximum absolute atomic E-state index is 12.2. The van der Waals surface area contributed by atoms with E-state index in [1.807, 2.05) is 13.8 Å². The molecule has 1 rings (SSSR count). The first kappa shape index (κ1) is 16.6. The van der Waals surface area contributed by atoms with E-state index < -0.39 is 18.2 Å². The third kappa shape index (κ3) is 5.26. The number of hydrogen-bond donors (Lipinski definition) is 1. The maximum atomic E-state index is 12.2. The summed E-state index contributed by atoms with van der Waals surface area (Å²) in [5.41, 5.74) is 0. The summed E-state index contributed by atoms with van der Waals surface area (Å²) in [5, 5.41) is 2.59. The lowest BCUT2D eigenvalue weighted by Gasteiger charge is -2.32. The molecular formula is C12H19F3N2O3. The molecule has 1 fully saturated rings. The van der Waals surface area contributed by atoms with Crippen LogP contribution in [-0.2, 0) is 9.53 Å². The largest absolute Gasteiger partial charge is 0.471 e. The molecule has 8 heteroatoms. The van der Waals surface area contributed by atoms with Crippen molar-refractivity contribution in [3.63, 3.8) is 0 Å². The van der Waals surface area contributed by atoms with E-state index in [0.29, 0.717) is 12.8 Å². The Hall–Kier alpha value is -1.47. The van der Waals surface area contributed by atoms with E-state index in [1.54, 1.807) is 0 Å². The molecule has 1 heterocycles. The molecule has 1 N–H and O–H groups in total. The third-order valence-corrected chi connectivity index (χ3v) is 2.89. The van der Waals surface area contributed by atoms with Gasteiger partial charge in [0, 0.05) is 19.1 Å². The fraction of sp³-hybridized carbons (Fsp3) is 0.833. The molecule has 0 unspecified atom stereocenters. The Morgan fingerprint density at radius 2 is 1.85 bits per heavy atom. The van der Waals surface area contributed by atoms with E-state index in [4.69, 9.17) is 4.74 Å². The first-order chi connectivity index (χ1) is 9.20. The zero-order valence-electron chi connectivity index (χ0n) is 11.5. The molecule has 5 nitrogen and oxygen atoms in total. The third-order valence-electron chi connectivity index (χ3n) is 2.89. The minimum atomic E-state index is -4.84. The molecule has 0 atom stereocenters. The number of carbonyl (C=O) groups is 2. The second-order valence-corrected chi connectivity index (χ2v) is 5.20. The molecule has 1 saturated heterocycles. The van der Waals surface area contributed by atoms with Gasteiger partial charge in [0.15, 0.2) is 0 Å². The maximum Gasteiger partial charge on any atom is 0.471 e. The number of piperidine rings is 1. The molecular weight excluding hydrogens is 277 g/mol. The highest BCUT2D eigenvalue weighted by molar-refractivity contribution is 5.82. The van der Waals surface area contributed by atoms with Crippen LogP contribution >= 0.6 is 0 Å². The van der Waals surface area contributed by atoms with Crippen LogP contribution in [0.5, 0.6) is 0 Å². The summed E-state index contributed by atoms with van der Waals surface area (Å²) in [6.07, 6.45) is -4.83. The molecule has 0 saturated carbocycles. The predicted octanol–water partition coefficient (Wildman–Crippen LogP) is 1.92. The molecule has 0 aromatic heterocycles. The summed E-state index contributed by atoms with van der Waals surface area (Å²) < 4.78 is 41.6. The minimum Gasteiger partial charge on any atom is -0.449 e. The fourth-order valence-electron chi connectivity index (χ4n) is 1.86. The molecule has 1 aliphatic heterocycles. The van der Waals surface area contributed by atoms with Crippen molar-refractivity contribution in [1.29, 1.82) is 0 Å². The normalized spacial score (nSPS) is 17.2. The molecule has 0 bridgehead atoms. The van der Waals surface area contributed by atoms with Gasteiger partial charge in [0.05, 0.1) is 6.61 Å². The lowest BCUT2D eigenvalue weighted by Crippen LogP contribution is -2.50. The van der Waals surface area contributed by atoms with Gasteiger partial charge in [0.25, 0.3) is 0 Å². The van der Waals surface area contributed by atoms with Crippen LogP contribution in [0.2, 0.25) is 0 Å². The lowest BCUT2D eigenvalue weighted by molar-refractivity contribution is -0.186. The number of alkyl halides is 3. The highest BCUT2D eigenvalue weighted by Gasteiger charge is 2.43. The van der Waals surface area contributed by atoms with Crippen LogP contribution in [0.4, 0.5) is 18.0 Å². The van der Waals surface area contributed by atoms with Gasteiger partial charge in [-0.05, 0) is 18.8 Å². The van der Waals surface area contributed by atoms with Crippen LogP contribution in [0.25, 0.3) is 0 Å². The average molecular weight is 296 g/mol. The second-order valence-electron chi connectivity index (χ2n) is 5.20. The number of ether oxygens (including phenoxy) is 1. The van der Waals surface area contributed by atoms with Gasteiger partial charge < -0.3 is 15.0 Å². The number of carbonyl (C=O) groups excluding carboxylic acids is 2. The van der Waals surface area contributed by atoms with E-state index in [1.165, 1.54) is 0 Å². The van der Waals surface area contributed by atoms with Crippen molar-refractivity contribution in [3.8, 4) is 0 Å². The van der Waals surface area contributed by atoms with Crippen molar-refractivity contribution in [2.24, 2.45) is 5.92 Å². The predicted molar refractivity (Wildman–Crippen MR) is 65.0 cm³/mol. The van der Waals surface area contributed by atoms with E-state index in [2.05, 4.69) is 5.32 Å². The summed E-state index contributed by atoms with van der Waals surface area (Å²) in [6.45, 7) is 4.04. The number of alkyl carbamates (subject to hydrolysis) is 1. The van der Waals surface area contributed by atoms with Gasteiger partial charge in [0.2, 0.25) is 0 Å². The molecule has 0 aromatic rings. The fourth-order valence-corrected chi connectivity index (χ4v) is 1.86. The zero-order chi connectivity index (χ0) is 15.3. The highest BCUT2D eigenvalue weighted by atomic mass is 19.4. The first-order valence-corrected chi connectivity index (χ1v) is 6.49. The first-order valence-electron chi connectivity index (χ1n) is 6.49. The van der Waals surface area contributed by atoms with E-state index >= 15 is 0 Å². The zero-order valence-corrected chi connectivity index (χ0v) is 11.5. The van der Waals surface area contributed by atoms with Crippen LogP contribution in [0.1, 0.15) is 26.7 Å². The number of rotatable bonds is 3. The van der Waals surface area contributed by atoms with Crippen molar-refractivity contribution in [2.45, 2.75) is 38.9 Å². The summed E-state index contributed by atoms with van der Waals surface area (Å²) >= 11 is 0. The Bertz CT molecular complexity index is 350. The van der Waals surface area contributed by atoms with E-state index in [-0.39, 0.29) is 31.7 Å². The van der Waals surface area contributed by atoms with Gasteiger partial charge in [0.1, 0.15) is 0 Å². The number of nitrogens with one attached hydrogen (secondary N) is 1. The second kappa shape index (κ2) is 6.81.